The third kappa shape index (κ3) is 2.58. The van der Waals surface area contributed by atoms with Gasteiger partial charge in [0.05, 0.1) is 12.7 Å². The van der Waals surface area contributed by atoms with E-state index >= 15 is 0 Å². The number of rotatable bonds is 3. The summed E-state index contributed by atoms with van der Waals surface area (Å²) in [7, 11) is 0. The van der Waals surface area contributed by atoms with Crippen LogP contribution in [0.15, 0.2) is 12.2 Å². The molecule has 0 heterocycles. The summed E-state index contributed by atoms with van der Waals surface area (Å²) in [6.45, 7) is 2.66. The standard InChI is InChI=1S/C15H21NO2/c1-12-6-2-3-7-13(12)10-18-14(17)15(11-16)8-4-5-9-15/h2-3,12-13H,4-10H2,1H3. The van der Waals surface area contributed by atoms with Gasteiger partial charge in [0, 0.05) is 0 Å². The van der Waals surface area contributed by atoms with Crippen molar-refractivity contribution in [2.45, 2.75) is 45.4 Å². The second-order valence-electron chi connectivity index (χ2n) is 5.68. The predicted octanol–water partition coefficient (Wildman–Crippen LogP) is 3.22. The normalized spacial score (nSPS) is 29.8. The van der Waals surface area contributed by atoms with Crippen LogP contribution in [0.2, 0.25) is 0 Å². The maximum Gasteiger partial charge on any atom is 0.326 e. The number of ether oxygens (including phenoxy) is 1. The molecule has 0 aromatic heterocycles. The van der Waals surface area contributed by atoms with E-state index in [1.54, 1.807) is 0 Å². The second kappa shape index (κ2) is 5.56. The van der Waals surface area contributed by atoms with Crippen LogP contribution in [0.3, 0.4) is 0 Å². The van der Waals surface area contributed by atoms with Gasteiger partial charge in [0.15, 0.2) is 5.41 Å². The highest BCUT2D eigenvalue weighted by Gasteiger charge is 2.43. The van der Waals surface area contributed by atoms with Crippen LogP contribution in [0.25, 0.3) is 0 Å². The zero-order chi connectivity index (χ0) is 13.0. The minimum Gasteiger partial charge on any atom is -0.464 e. The number of esters is 1. The minimum absolute atomic E-state index is 0.288. The molecule has 3 nitrogen and oxygen atoms in total. The van der Waals surface area contributed by atoms with Crippen LogP contribution < -0.4 is 0 Å². The Morgan fingerprint density at radius 1 is 1.39 bits per heavy atom. The van der Waals surface area contributed by atoms with E-state index in [2.05, 4.69) is 25.1 Å². The Morgan fingerprint density at radius 3 is 2.67 bits per heavy atom. The van der Waals surface area contributed by atoms with Crippen LogP contribution in [0, 0.1) is 28.6 Å². The Morgan fingerprint density at radius 2 is 2.06 bits per heavy atom. The zero-order valence-electron chi connectivity index (χ0n) is 11.0. The number of carbonyl (C=O) groups excluding carboxylic acids is 1. The highest BCUT2D eigenvalue weighted by Crippen LogP contribution is 2.39. The molecule has 0 spiro atoms. The van der Waals surface area contributed by atoms with Crippen molar-refractivity contribution in [3.05, 3.63) is 12.2 Å². The third-order valence-electron chi connectivity index (χ3n) is 4.41. The van der Waals surface area contributed by atoms with Gasteiger partial charge in [0.1, 0.15) is 0 Å². The fourth-order valence-corrected chi connectivity index (χ4v) is 2.90. The molecule has 2 aliphatic rings. The molecule has 0 aliphatic heterocycles. The molecule has 2 atom stereocenters. The summed E-state index contributed by atoms with van der Waals surface area (Å²) in [6, 6.07) is 2.19. The molecule has 1 saturated carbocycles. The number of nitrogens with zero attached hydrogens (tertiary/aromatic N) is 1. The van der Waals surface area contributed by atoms with Crippen LogP contribution in [0.4, 0.5) is 0 Å². The van der Waals surface area contributed by atoms with Gasteiger partial charge >= 0.3 is 5.97 Å². The maximum absolute atomic E-state index is 12.1. The molecule has 0 N–H and O–H groups in total. The molecule has 18 heavy (non-hydrogen) atoms. The van der Waals surface area contributed by atoms with Gasteiger partial charge in [-0.25, -0.2) is 0 Å². The van der Waals surface area contributed by atoms with Crippen LogP contribution in [0.1, 0.15) is 45.4 Å². The lowest BCUT2D eigenvalue weighted by Gasteiger charge is -2.26. The first kappa shape index (κ1) is 13.1. The molecule has 2 unspecified atom stereocenters. The van der Waals surface area contributed by atoms with Crippen molar-refractivity contribution in [1.29, 1.82) is 5.26 Å². The lowest BCUT2D eigenvalue weighted by molar-refractivity contribution is -0.154. The molecule has 0 amide bonds. The number of allylic oxidation sites excluding steroid dienone is 2. The van der Waals surface area contributed by atoms with Gasteiger partial charge in [-0.05, 0) is 37.5 Å². The van der Waals surface area contributed by atoms with Gasteiger partial charge in [-0.15, -0.1) is 0 Å². The Hall–Kier alpha value is -1.30. The fourth-order valence-electron chi connectivity index (χ4n) is 2.90. The molecule has 0 bridgehead atoms. The topological polar surface area (TPSA) is 50.1 Å². The van der Waals surface area contributed by atoms with E-state index in [9.17, 15) is 10.1 Å². The highest BCUT2D eigenvalue weighted by molar-refractivity contribution is 5.80. The van der Waals surface area contributed by atoms with E-state index in [4.69, 9.17) is 4.74 Å². The van der Waals surface area contributed by atoms with E-state index in [-0.39, 0.29) is 5.97 Å². The SMILES string of the molecule is CC1CC=CCC1COC(=O)C1(C#N)CCCC1. The van der Waals surface area contributed by atoms with Crippen LogP contribution in [0.5, 0.6) is 0 Å². The van der Waals surface area contributed by atoms with Crippen LogP contribution >= 0.6 is 0 Å². The van der Waals surface area contributed by atoms with Crippen LogP contribution in [-0.2, 0) is 9.53 Å². The van der Waals surface area contributed by atoms with Gasteiger partial charge < -0.3 is 4.74 Å². The summed E-state index contributed by atoms with van der Waals surface area (Å²) in [4.78, 5) is 12.1. The van der Waals surface area contributed by atoms with Crippen molar-refractivity contribution >= 4 is 5.97 Å². The summed E-state index contributed by atoms with van der Waals surface area (Å²) < 4.78 is 5.43. The van der Waals surface area contributed by atoms with Crippen molar-refractivity contribution in [1.82, 2.24) is 0 Å². The summed E-state index contributed by atoms with van der Waals surface area (Å²) in [6.07, 6.45) is 9.66. The fraction of sp³-hybridized carbons (Fsp3) is 0.733. The van der Waals surface area contributed by atoms with Gasteiger partial charge in [0.2, 0.25) is 0 Å². The zero-order valence-corrected chi connectivity index (χ0v) is 11.0. The maximum atomic E-state index is 12.1. The molecule has 0 aromatic rings. The molecule has 3 heteroatoms. The molecule has 2 rings (SSSR count). The molecule has 0 radical (unpaired) electrons. The molecule has 1 fully saturated rings. The van der Waals surface area contributed by atoms with E-state index in [0.717, 1.165) is 25.7 Å². The van der Waals surface area contributed by atoms with Crippen molar-refractivity contribution in [3.63, 3.8) is 0 Å². The Labute approximate surface area is 109 Å². The van der Waals surface area contributed by atoms with Gasteiger partial charge in [-0.1, -0.05) is 31.9 Å². The smallest absolute Gasteiger partial charge is 0.326 e. The van der Waals surface area contributed by atoms with E-state index in [0.29, 0.717) is 31.3 Å². The summed E-state index contributed by atoms with van der Waals surface area (Å²) in [5.41, 5.74) is -0.840. The van der Waals surface area contributed by atoms with Crippen molar-refractivity contribution in [3.8, 4) is 6.07 Å². The van der Waals surface area contributed by atoms with E-state index in [1.807, 2.05) is 0 Å². The quantitative estimate of drug-likeness (QED) is 0.568. The molecular weight excluding hydrogens is 226 g/mol. The number of nitriles is 1. The average molecular weight is 247 g/mol. The van der Waals surface area contributed by atoms with Gasteiger partial charge in [-0.3, -0.25) is 4.79 Å². The van der Waals surface area contributed by atoms with E-state index in [1.165, 1.54) is 0 Å². The first-order valence-electron chi connectivity index (χ1n) is 6.91. The first-order chi connectivity index (χ1) is 8.68. The summed E-state index contributed by atoms with van der Waals surface area (Å²) in [5.74, 6) is 0.685. The summed E-state index contributed by atoms with van der Waals surface area (Å²) in [5, 5.41) is 9.21. The number of hydrogen-bond acceptors (Lipinski definition) is 3. The molecule has 0 saturated heterocycles. The van der Waals surface area contributed by atoms with Crippen LogP contribution in [-0.4, -0.2) is 12.6 Å². The number of hydrogen-bond donors (Lipinski definition) is 0. The monoisotopic (exact) mass is 247 g/mol. The molecule has 0 aromatic carbocycles. The van der Waals surface area contributed by atoms with Crippen molar-refractivity contribution in [2.75, 3.05) is 6.61 Å². The average Bonchev–Trinajstić information content (AvgIpc) is 2.87. The Bertz CT molecular complexity index is 374. The second-order valence-corrected chi connectivity index (χ2v) is 5.68. The summed E-state index contributed by atoms with van der Waals surface area (Å²) >= 11 is 0. The third-order valence-corrected chi connectivity index (χ3v) is 4.41. The molecule has 98 valence electrons. The number of carbonyl (C=O) groups is 1. The predicted molar refractivity (Wildman–Crippen MR) is 68.5 cm³/mol. The van der Waals surface area contributed by atoms with Crippen molar-refractivity contribution in [2.24, 2.45) is 17.3 Å². The lowest BCUT2D eigenvalue weighted by Crippen LogP contribution is -2.31. The largest absolute Gasteiger partial charge is 0.464 e. The van der Waals surface area contributed by atoms with Crippen molar-refractivity contribution < 1.29 is 9.53 Å². The van der Waals surface area contributed by atoms with E-state index < -0.39 is 5.41 Å². The van der Waals surface area contributed by atoms with Gasteiger partial charge in [-0.2, -0.15) is 5.26 Å². The lowest BCUT2D eigenvalue weighted by atomic mass is 9.84. The first-order valence-corrected chi connectivity index (χ1v) is 6.91. The molecule has 2 aliphatic carbocycles. The van der Waals surface area contributed by atoms with Gasteiger partial charge in [0.25, 0.3) is 0 Å². The Balaban J connectivity index is 1.88. The Kier molecular flexibility index (Phi) is 4.06. The molecular formula is C15H21NO2. The highest BCUT2D eigenvalue weighted by atomic mass is 16.5. The minimum atomic E-state index is -0.840.